The second-order valence-electron chi connectivity index (χ2n) is 8.29. The lowest BCUT2D eigenvalue weighted by molar-refractivity contribution is 0.326. The van der Waals surface area contributed by atoms with E-state index in [1.807, 2.05) is 42.5 Å². The number of nitrogens with zero attached hydrogens (tertiary/aromatic N) is 5. The van der Waals surface area contributed by atoms with Crippen molar-refractivity contribution in [1.29, 1.82) is 0 Å². The molecule has 0 radical (unpaired) electrons. The van der Waals surface area contributed by atoms with Gasteiger partial charge in [0.15, 0.2) is 0 Å². The van der Waals surface area contributed by atoms with E-state index < -0.39 is 0 Å². The number of halogens is 1. The Morgan fingerprint density at radius 2 is 1.90 bits per heavy atom. The molecule has 2 aliphatic rings. The molecule has 0 N–H and O–H groups in total. The van der Waals surface area contributed by atoms with E-state index in [1.54, 1.807) is 6.33 Å². The Morgan fingerprint density at radius 3 is 2.77 bits per heavy atom. The molecule has 30 heavy (non-hydrogen) atoms. The highest BCUT2D eigenvalue weighted by atomic mass is 35.5. The Kier molecular flexibility index (Phi) is 4.03. The Bertz CT molecular complexity index is 1230. The van der Waals surface area contributed by atoms with Gasteiger partial charge in [-0.05, 0) is 48.9 Å². The number of hydrogen-bond donors (Lipinski definition) is 0. The van der Waals surface area contributed by atoms with E-state index in [9.17, 15) is 0 Å². The van der Waals surface area contributed by atoms with Crippen LogP contribution in [0.15, 0.2) is 59.4 Å². The normalized spacial score (nSPS) is 20.0. The Hall–Kier alpha value is -2.99. The van der Waals surface area contributed by atoms with Gasteiger partial charge in [0.05, 0.1) is 5.52 Å². The number of fused-ring (bicyclic) bond motifs is 1. The minimum Gasteiger partial charge on any atom is -0.356 e. The highest BCUT2D eigenvalue weighted by Gasteiger charge is 2.58. The van der Waals surface area contributed by atoms with Gasteiger partial charge in [-0.2, -0.15) is 4.98 Å². The van der Waals surface area contributed by atoms with Crippen LogP contribution >= 0.6 is 11.6 Å². The molecule has 150 valence electrons. The van der Waals surface area contributed by atoms with Crippen molar-refractivity contribution in [2.45, 2.75) is 25.2 Å². The summed E-state index contributed by atoms with van der Waals surface area (Å²) in [5.41, 5.74) is 2.15. The Morgan fingerprint density at radius 1 is 1.03 bits per heavy atom. The molecule has 1 saturated heterocycles. The molecule has 7 heteroatoms. The maximum atomic E-state index is 6.09. The topological polar surface area (TPSA) is 67.9 Å². The maximum absolute atomic E-state index is 6.09. The van der Waals surface area contributed by atoms with E-state index in [4.69, 9.17) is 16.1 Å². The van der Waals surface area contributed by atoms with Crippen LogP contribution in [0.1, 0.15) is 31.1 Å². The maximum Gasteiger partial charge on any atom is 0.230 e. The smallest absolute Gasteiger partial charge is 0.230 e. The summed E-state index contributed by atoms with van der Waals surface area (Å²) in [5.74, 6) is 2.75. The lowest BCUT2D eigenvalue weighted by Crippen LogP contribution is -2.35. The predicted molar refractivity (Wildman–Crippen MR) is 116 cm³/mol. The second kappa shape index (κ2) is 6.77. The highest BCUT2D eigenvalue weighted by Crippen LogP contribution is 2.64. The molecule has 1 aliphatic heterocycles. The number of anilines is 1. The number of rotatable bonds is 3. The first-order valence-corrected chi connectivity index (χ1v) is 10.6. The van der Waals surface area contributed by atoms with E-state index in [0.29, 0.717) is 16.8 Å². The fourth-order valence-electron chi connectivity index (χ4n) is 4.78. The van der Waals surface area contributed by atoms with Gasteiger partial charge in [0.25, 0.3) is 0 Å². The minimum atomic E-state index is 0.275. The summed E-state index contributed by atoms with van der Waals surface area (Å²) >= 11 is 6.09. The monoisotopic (exact) mass is 417 g/mol. The van der Waals surface area contributed by atoms with Crippen LogP contribution in [0.3, 0.4) is 0 Å². The van der Waals surface area contributed by atoms with Gasteiger partial charge < -0.3 is 9.42 Å². The van der Waals surface area contributed by atoms with Crippen molar-refractivity contribution in [1.82, 2.24) is 20.1 Å². The molecule has 6 nitrogen and oxygen atoms in total. The van der Waals surface area contributed by atoms with Crippen molar-refractivity contribution in [3.8, 4) is 11.4 Å². The van der Waals surface area contributed by atoms with Gasteiger partial charge in [0.1, 0.15) is 12.1 Å². The van der Waals surface area contributed by atoms with Crippen LogP contribution in [0.4, 0.5) is 5.82 Å². The Balaban J connectivity index is 1.18. The summed E-state index contributed by atoms with van der Waals surface area (Å²) in [5, 5.41) is 5.98. The van der Waals surface area contributed by atoms with Crippen LogP contribution < -0.4 is 4.90 Å². The van der Waals surface area contributed by atoms with Crippen LogP contribution in [-0.2, 0) is 0 Å². The van der Waals surface area contributed by atoms with Crippen LogP contribution in [0.5, 0.6) is 0 Å². The first kappa shape index (κ1) is 17.8. The zero-order valence-electron chi connectivity index (χ0n) is 16.3. The third-order valence-corrected chi connectivity index (χ3v) is 6.83. The van der Waals surface area contributed by atoms with Gasteiger partial charge >= 0.3 is 0 Å². The predicted octanol–water partition coefficient (Wildman–Crippen LogP) is 5.11. The van der Waals surface area contributed by atoms with Crippen LogP contribution in [0, 0.1) is 5.41 Å². The molecule has 2 aromatic heterocycles. The first-order valence-electron chi connectivity index (χ1n) is 10.3. The molecule has 0 bridgehead atoms. The average Bonchev–Trinajstić information content (AvgIpc) is 3.25. The number of benzene rings is 2. The average molecular weight is 418 g/mol. The molecule has 0 amide bonds. The van der Waals surface area contributed by atoms with E-state index in [1.165, 1.54) is 0 Å². The van der Waals surface area contributed by atoms with E-state index in [2.05, 4.69) is 31.1 Å². The molecule has 2 fully saturated rings. The summed E-state index contributed by atoms with van der Waals surface area (Å²) in [6, 6.07) is 15.8. The summed E-state index contributed by atoms with van der Waals surface area (Å²) in [6.07, 6.45) is 4.98. The third-order valence-electron chi connectivity index (χ3n) is 6.59. The summed E-state index contributed by atoms with van der Waals surface area (Å²) in [7, 11) is 0. The number of aromatic nitrogens is 4. The van der Waals surface area contributed by atoms with E-state index in [0.717, 1.165) is 60.5 Å². The zero-order valence-corrected chi connectivity index (χ0v) is 17.1. The zero-order chi connectivity index (χ0) is 20.1. The van der Waals surface area contributed by atoms with Gasteiger partial charge in [0, 0.05) is 35.0 Å². The number of hydrogen-bond acceptors (Lipinski definition) is 6. The van der Waals surface area contributed by atoms with Crippen molar-refractivity contribution < 1.29 is 4.52 Å². The van der Waals surface area contributed by atoms with Crippen LogP contribution in [-0.4, -0.2) is 33.2 Å². The molecule has 1 saturated carbocycles. The quantitative estimate of drug-likeness (QED) is 0.461. The van der Waals surface area contributed by atoms with Crippen molar-refractivity contribution >= 4 is 28.3 Å². The fourth-order valence-corrected chi connectivity index (χ4v) is 4.97. The fraction of sp³-hybridized carbons (Fsp3) is 0.304. The molecule has 3 heterocycles. The molecule has 1 atom stereocenters. The molecule has 1 spiro atoms. The Labute approximate surface area is 178 Å². The lowest BCUT2D eigenvalue weighted by atomic mass is 9.90. The van der Waals surface area contributed by atoms with Crippen LogP contribution in [0.25, 0.3) is 22.3 Å². The first-order chi connectivity index (χ1) is 14.7. The molecule has 6 rings (SSSR count). The largest absolute Gasteiger partial charge is 0.356 e. The van der Waals surface area contributed by atoms with Gasteiger partial charge in [-0.25, -0.2) is 9.97 Å². The van der Waals surface area contributed by atoms with Crippen molar-refractivity contribution in [3.05, 3.63) is 65.8 Å². The van der Waals surface area contributed by atoms with Crippen molar-refractivity contribution in [3.63, 3.8) is 0 Å². The summed E-state index contributed by atoms with van der Waals surface area (Å²) in [6.45, 7) is 1.96. The standard InChI is InChI=1S/C23H20ClN5O/c24-16-5-3-4-15(12-16)20-27-22(30-28-20)18-13-23(18)8-10-29(11-9-23)21-17-6-1-2-7-19(17)25-14-26-21/h1-7,12,14,18H,8-11,13H2. The highest BCUT2D eigenvalue weighted by molar-refractivity contribution is 6.30. The van der Waals surface area contributed by atoms with E-state index >= 15 is 0 Å². The van der Waals surface area contributed by atoms with Crippen molar-refractivity contribution in [2.24, 2.45) is 5.41 Å². The molecule has 4 aromatic rings. The SMILES string of the molecule is Clc1cccc(-c2noc(C3CC34CCN(c3ncnc5ccccc35)CC4)n2)c1. The molecule has 1 aliphatic carbocycles. The van der Waals surface area contributed by atoms with Crippen LogP contribution in [0.2, 0.25) is 5.02 Å². The van der Waals surface area contributed by atoms with Crippen molar-refractivity contribution in [2.75, 3.05) is 18.0 Å². The van der Waals surface area contributed by atoms with Gasteiger partial charge in [-0.1, -0.05) is 41.0 Å². The van der Waals surface area contributed by atoms with E-state index in [-0.39, 0.29) is 5.41 Å². The molecular formula is C23H20ClN5O. The minimum absolute atomic E-state index is 0.275. The second-order valence-corrected chi connectivity index (χ2v) is 8.72. The molecule has 1 unspecified atom stereocenters. The number of para-hydroxylation sites is 1. The number of piperidine rings is 1. The van der Waals surface area contributed by atoms with Gasteiger partial charge in [-0.15, -0.1) is 0 Å². The molecule has 2 aromatic carbocycles. The van der Waals surface area contributed by atoms with Gasteiger partial charge in [-0.3, -0.25) is 0 Å². The molecular weight excluding hydrogens is 398 g/mol. The van der Waals surface area contributed by atoms with Gasteiger partial charge in [0.2, 0.25) is 11.7 Å². The third kappa shape index (κ3) is 2.94. The lowest BCUT2D eigenvalue weighted by Gasteiger charge is -2.33. The summed E-state index contributed by atoms with van der Waals surface area (Å²) in [4.78, 5) is 16.0. The summed E-state index contributed by atoms with van der Waals surface area (Å²) < 4.78 is 5.64.